The summed E-state index contributed by atoms with van der Waals surface area (Å²) in [5.74, 6) is 2.35. The van der Waals surface area contributed by atoms with Gasteiger partial charge in [-0.25, -0.2) is 8.42 Å². The number of hydrogen-bond acceptors (Lipinski definition) is 8. The zero-order chi connectivity index (χ0) is 28.2. The van der Waals surface area contributed by atoms with Gasteiger partial charge in [-0.2, -0.15) is 4.31 Å². The number of non-ortho nitro benzene ring substituents is 1. The first-order valence-electron chi connectivity index (χ1n) is 14.1. The Morgan fingerprint density at radius 3 is 2.10 bits per heavy atom. The molecular formula is C28H35N5O6S. The van der Waals surface area contributed by atoms with E-state index in [2.05, 4.69) is 12.2 Å². The van der Waals surface area contributed by atoms with E-state index in [1.165, 1.54) is 67.1 Å². The second kappa shape index (κ2) is 9.99. The van der Waals surface area contributed by atoms with Gasteiger partial charge in [-0.05, 0) is 86.8 Å². The molecule has 1 heterocycles. The third-order valence-corrected chi connectivity index (χ3v) is 11.7. The van der Waals surface area contributed by atoms with Crippen molar-refractivity contribution >= 4 is 32.8 Å². The van der Waals surface area contributed by atoms with E-state index in [-0.39, 0.29) is 45.7 Å². The summed E-state index contributed by atoms with van der Waals surface area (Å²) in [5.41, 5.74) is 1.28. The van der Waals surface area contributed by atoms with Crippen molar-refractivity contribution in [2.45, 2.75) is 56.4 Å². The number of benzene rings is 2. The quantitative estimate of drug-likeness (QED) is 0.345. The van der Waals surface area contributed by atoms with Gasteiger partial charge in [-0.15, -0.1) is 0 Å². The topological polar surface area (TPSA) is 139 Å². The van der Waals surface area contributed by atoms with Gasteiger partial charge in [0.2, 0.25) is 10.0 Å². The van der Waals surface area contributed by atoms with E-state index in [9.17, 15) is 28.6 Å². The van der Waals surface area contributed by atoms with Gasteiger partial charge in [-0.1, -0.05) is 6.07 Å². The van der Waals surface area contributed by atoms with Gasteiger partial charge in [0.1, 0.15) is 5.69 Å². The van der Waals surface area contributed by atoms with Gasteiger partial charge in [0.05, 0.1) is 14.7 Å². The van der Waals surface area contributed by atoms with Gasteiger partial charge in [-0.3, -0.25) is 20.2 Å². The summed E-state index contributed by atoms with van der Waals surface area (Å²) in [5, 5.41) is 26.6. The number of piperazine rings is 1. The summed E-state index contributed by atoms with van der Waals surface area (Å²) in [6, 6.07) is 10.3. The maximum absolute atomic E-state index is 13.2. The fourth-order valence-corrected chi connectivity index (χ4v) is 9.65. The van der Waals surface area contributed by atoms with Crippen LogP contribution in [0.2, 0.25) is 0 Å². The first-order chi connectivity index (χ1) is 19.0. The lowest BCUT2D eigenvalue weighted by molar-refractivity contribution is -0.385. The second-order valence-corrected chi connectivity index (χ2v) is 14.2. The third-order valence-electron chi connectivity index (χ3n) is 9.82. The van der Waals surface area contributed by atoms with Crippen molar-refractivity contribution in [3.05, 3.63) is 62.7 Å². The van der Waals surface area contributed by atoms with Crippen LogP contribution in [0.15, 0.2) is 47.4 Å². The lowest BCUT2D eigenvalue weighted by Gasteiger charge is -2.59. The monoisotopic (exact) mass is 569 g/mol. The highest BCUT2D eigenvalue weighted by Gasteiger charge is 2.53. The fraction of sp³-hybridized carbons (Fsp3) is 0.571. The average Bonchev–Trinajstić information content (AvgIpc) is 2.92. The molecule has 2 aromatic rings. The minimum Gasteiger partial charge on any atom is -0.376 e. The molecule has 214 valence electrons. The Bertz CT molecular complexity index is 1400. The Labute approximate surface area is 233 Å². The van der Waals surface area contributed by atoms with Crippen LogP contribution in [0.1, 0.15) is 45.4 Å². The minimum atomic E-state index is -3.89. The molecule has 7 rings (SSSR count). The number of anilines is 2. The number of rotatable bonds is 8. The predicted molar refractivity (Wildman–Crippen MR) is 151 cm³/mol. The molecule has 1 saturated heterocycles. The molecule has 4 aliphatic carbocycles. The summed E-state index contributed by atoms with van der Waals surface area (Å²) >= 11 is 0. The number of sulfonamides is 1. The maximum atomic E-state index is 13.2. The van der Waals surface area contributed by atoms with Crippen LogP contribution in [0.5, 0.6) is 0 Å². The lowest BCUT2D eigenvalue weighted by atomic mass is 9.48. The van der Waals surface area contributed by atoms with Crippen LogP contribution in [0, 0.1) is 43.4 Å². The lowest BCUT2D eigenvalue weighted by Crippen LogP contribution is -2.53. The minimum absolute atomic E-state index is 0.0483. The SMILES string of the molecule is C[C@@H](Nc1cc(N2CCN(S(=O)(=O)c3cccc([N+](=O)[O-])c3)CC2)ccc1[N+](=O)[O-])C12CC3CC(CC(C3)C1)C2. The summed E-state index contributed by atoms with van der Waals surface area (Å²) in [6.45, 7) is 3.38. The predicted octanol–water partition coefficient (Wildman–Crippen LogP) is 5.03. The summed E-state index contributed by atoms with van der Waals surface area (Å²) in [4.78, 5) is 24.0. The van der Waals surface area contributed by atoms with E-state index < -0.39 is 14.9 Å². The molecule has 11 nitrogen and oxygen atoms in total. The van der Waals surface area contributed by atoms with E-state index in [0.717, 1.165) is 29.5 Å². The zero-order valence-electron chi connectivity index (χ0n) is 22.6. The van der Waals surface area contributed by atoms with Crippen molar-refractivity contribution in [2.75, 3.05) is 36.4 Å². The van der Waals surface area contributed by atoms with E-state index in [4.69, 9.17) is 0 Å². The van der Waals surface area contributed by atoms with Crippen LogP contribution < -0.4 is 10.2 Å². The summed E-state index contributed by atoms with van der Waals surface area (Å²) < 4.78 is 27.7. The summed E-state index contributed by atoms with van der Waals surface area (Å²) in [6.07, 6.45) is 7.60. The fourth-order valence-electron chi connectivity index (χ4n) is 8.18. The van der Waals surface area contributed by atoms with Gasteiger partial charge < -0.3 is 10.2 Å². The molecule has 0 spiro atoms. The molecule has 0 aromatic heterocycles. The van der Waals surface area contributed by atoms with Crippen molar-refractivity contribution in [3.63, 3.8) is 0 Å². The normalized spacial score (nSPS) is 28.8. The van der Waals surface area contributed by atoms with Crippen molar-refractivity contribution in [2.24, 2.45) is 23.2 Å². The zero-order valence-corrected chi connectivity index (χ0v) is 23.4. The van der Waals surface area contributed by atoms with Crippen molar-refractivity contribution in [1.82, 2.24) is 4.31 Å². The second-order valence-electron chi connectivity index (χ2n) is 12.3. The van der Waals surface area contributed by atoms with E-state index in [1.54, 1.807) is 6.07 Å². The molecule has 0 amide bonds. The van der Waals surface area contributed by atoms with Crippen molar-refractivity contribution < 1.29 is 18.3 Å². The molecule has 0 radical (unpaired) electrons. The third kappa shape index (κ3) is 4.81. The van der Waals surface area contributed by atoms with Crippen LogP contribution in [0.4, 0.5) is 22.7 Å². The Kier molecular flexibility index (Phi) is 6.73. The van der Waals surface area contributed by atoms with E-state index in [1.807, 2.05) is 11.0 Å². The van der Waals surface area contributed by atoms with Crippen molar-refractivity contribution in [3.8, 4) is 0 Å². The Morgan fingerprint density at radius 2 is 1.52 bits per heavy atom. The number of nitrogens with zero attached hydrogens (tertiary/aromatic N) is 4. The first-order valence-corrected chi connectivity index (χ1v) is 15.5. The van der Waals surface area contributed by atoms with E-state index in [0.29, 0.717) is 18.8 Å². The van der Waals surface area contributed by atoms with Crippen LogP contribution in [0.25, 0.3) is 0 Å². The van der Waals surface area contributed by atoms with Crippen LogP contribution in [-0.2, 0) is 10.0 Å². The largest absolute Gasteiger partial charge is 0.376 e. The summed E-state index contributed by atoms with van der Waals surface area (Å²) in [7, 11) is -3.89. The smallest absolute Gasteiger partial charge is 0.292 e. The number of nitro benzene ring substituents is 2. The Hall–Kier alpha value is -3.25. The molecule has 1 N–H and O–H groups in total. The van der Waals surface area contributed by atoms with Crippen LogP contribution in [0.3, 0.4) is 0 Å². The van der Waals surface area contributed by atoms with Crippen molar-refractivity contribution in [1.29, 1.82) is 0 Å². The van der Waals surface area contributed by atoms with E-state index >= 15 is 0 Å². The molecule has 1 aliphatic heterocycles. The molecule has 4 saturated carbocycles. The van der Waals surface area contributed by atoms with Gasteiger partial charge in [0.25, 0.3) is 11.4 Å². The Balaban J connectivity index is 1.18. The highest BCUT2D eigenvalue weighted by Crippen LogP contribution is 2.61. The highest BCUT2D eigenvalue weighted by atomic mass is 32.2. The maximum Gasteiger partial charge on any atom is 0.292 e. The van der Waals surface area contributed by atoms with Gasteiger partial charge in [0.15, 0.2) is 0 Å². The molecule has 0 unspecified atom stereocenters. The van der Waals surface area contributed by atoms with Gasteiger partial charge in [0, 0.05) is 56.1 Å². The van der Waals surface area contributed by atoms with Crippen LogP contribution in [-0.4, -0.2) is 54.8 Å². The molecule has 12 heteroatoms. The molecule has 40 heavy (non-hydrogen) atoms. The first kappa shape index (κ1) is 26.9. The molecule has 5 fully saturated rings. The number of nitrogens with one attached hydrogen (secondary N) is 1. The molecule has 1 atom stereocenters. The Morgan fingerprint density at radius 1 is 0.900 bits per heavy atom. The number of nitro groups is 2. The standard InChI is InChI=1S/C28H35N5O6S/c1-19(28-16-20-11-21(17-28)13-22(12-20)18-28)29-26-15-23(5-6-27(26)33(36)37)30-7-9-31(10-8-30)40(38,39)25-4-2-3-24(14-25)32(34)35/h2-6,14-15,19-22,29H,7-13,16-18H2,1H3/t19-,20?,21?,22?,28?/m1/s1. The molecule has 5 aliphatic rings. The van der Waals surface area contributed by atoms with Gasteiger partial charge >= 0.3 is 0 Å². The van der Waals surface area contributed by atoms with Crippen LogP contribution >= 0.6 is 0 Å². The molecule has 2 aromatic carbocycles. The average molecular weight is 570 g/mol. The number of hydrogen-bond donors (Lipinski definition) is 1. The highest BCUT2D eigenvalue weighted by molar-refractivity contribution is 7.89. The molecule has 4 bridgehead atoms. The molecular weight excluding hydrogens is 534 g/mol.